The molecule has 0 aliphatic rings. The van der Waals surface area contributed by atoms with Gasteiger partial charge in [0.1, 0.15) is 0 Å². The van der Waals surface area contributed by atoms with Crippen molar-refractivity contribution in [2.75, 3.05) is 19.0 Å². The smallest absolute Gasteiger partial charge is 0.0360 e. The quantitative estimate of drug-likeness (QED) is 0.738. The Morgan fingerprint density at radius 2 is 1.25 bits per heavy atom. The van der Waals surface area contributed by atoms with Crippen LogP contribution < -0.4 is 4.90 Å². The normalized spacial score (nSPS) is 6.83. The predicted octanol–water partition coefficient (Wildman–Crippen LogP) is 3.49. The molecular weight excluding hydrogens is 350 g/mol. The maximum Gasteiger partial charge on any atom is 0.0360 e. The summed E-state index contributed by atoms with van der Waals surface area (Å²) >= 11 is 0. The van der Waals surface area contributed by atoms with Crippen LogP contribution in [0.1, 0.15) is 0 Å². The van der Waals surface area contributed by atoms with Crippen molar-refractivity contribution in [2.24, 2.45) is 0 Å². The van der Waals surface area contributed by atoms with Crippen molar-refractivity contribution in [3.63, 3.8) is 0 Å². The van der Waals surface area contributed by atoms with E-state index in [0.717, 1.165) is 0 Å². The predicted molar refractivity (Wildman–Crippen MR) is 71.7 cm³/mol. The Kier molecular flexibility index (Phi) is 14.5. The number of hydrogen-bond acceptors (Lipinski definition) is 1. The van der Waals surface area contributed by atoms with Gasteiger partial charge in [0.05, 0.1) is 0 Å². The minimum atomic E-state index is 0. The van der Waals surface area contributed by atoms with Crippen LogP contribution in [0.5, 0.6) is 0 Å². The van der Waals surface area contributed by atoms with E-state index in [4.69, 9.17) is 0 Å². The maximum atomic E-state index is 2.08. The molecule has 0 unspecified atom stereocenters. The van der Waals surface area contributed by atoms with Gasteiger partial charge in [-0.1, -0.05) is 18.2 Å². The van der Waals surface area contributed by atoms with Gasteiger partial charge in [0.25, 0.3) is 0 Å². The molecule has 1 aromatic rings. The molecule has 0 aliphatic heterocycles. The highest BCUT2D eigenvalue weighted by atomic mass is 79.9. The zero-order valence-corrected chi connectivity index (χ0v) is 12.2. The van der Waals surface area contributed by atoms with E-state index in [9.17, 15) is 0 Å². The Morgan fingerprint density at radius 1 is 0.833 bits per heavy atom. The zero-order valence-electron chi connectivity index (χ0n) is 7.06. The molecule has 4 heteroatoms. The number of nitrogens with zero attached hydrogens (tertiary/aromatic N) is 1. The molecule has 72 valence electrons. The summed E-state index contributed by atoms with van der Waals surface area (Å²) in [6.07, 6.45) is 0. The molecule has 0 amide bonds. The first-order chi connectivity index (χ1) is 4.30. The fraction of sp³-hybridized carbons (Fsp3) is 0.250. The number of para-hydroxylation sites is 1. The van der Waals surface area contributed by atoms with Gasteiger partial charge in [0.2, 0.25) is 0 Å². The summed E-state index contributed by atoms with van der Waals surface area (Å²) in [5, 5.41) is 0. The largest absolute Gasteiger partial charge is 0.378 e. The minimum Gasteiger partial charge on any atom is -0.378 e. The van der Waals surface area contributed by atoms with E-state index in [1.54, 1.807) is 0 Å². The highest BCUT2D eigenvalue weighted by Gasteiger charge is 1.87. The Balaban J connectivity index is -0.000000270. The molecule has 0 spiro atoms. The van der Waals surface area contributed by atoms with Crippen molar-refractivity contribution in [3.05, 3.63) is 30.3 Å². The first-order valence-electron chi connectivity index (χ1n) is 3.03. The third-order valence-corrected chi connectivity index (χ3v) is 1.27. The number of rotatable bonds is 1. The van der Waals surface area contributed by atoms with Gasteiger partial charge in [0.15, 0.2) is 0 Å². The van der Waals surface area contributed by atoms with E-state index < -0.39 is 0 Å². The summed E-state index contributed by atoms with van der Waals surface area (Å²) in [6.45, 7) is 0. The average Bonchev–Trinajstić information content (AvgIpc) is 1.90. The highest BCUT2D eigenvalue weighted by Crippen LogP contribution is 2.07. The van der Waals surface area contributed by atoms with Crippen LogP contribution in [0.25, 0.3) is 0 Å². The molecule has 0 radical (unpaired) electrons. The zero-order chi connectivity index (χ0) is 6.69. The third kappa shape index (κ3) is 6.03. The van der Waals surface area contributed by atoms with E-state index in [-0.39, 0.29) is 50.9 Å². The van der Waals surface area contributed by atoms with E-state index >= 15 is 0 Å². The molecule has 0 aromatic heterocycles. The van der Waals surface area contributed by atoms with Gasteiger partial charge in [-0.3, -0.25) is 0 Å². The van der Waals surface area contributed by atoms with Crippen LogP contribution in [0.15, 0.2) is 30.3 Å². The molecule has 1 aromatic carbocycles. The van der Waals surface area contributed by atoms with E-state index in [2.05, 4.69) is 17.0 Å². The molecule has 0 aliphatic carbocycles. The molecular formula is C8H14Br3N. The second kappa shape index (κ2) is 9.55. The Labute approximate surface area is 105 Å². The average molecular weight is 364 g/mol. The summed E-state index contributed by atoms with van der Waals surface area (Å²) in [6, 6.07) is 10.3. The number of anilines is 1. The Hall–Kier alpha value is 0.460. The molecule has 1 rings (SSSR count). The van der Waals surface area contributed by atoms with Gasteiger partial charge in [0, 0.05) is 19.8 Å². The topological polar surface area (TPSA) is 3.24 Å². The molecule has 0 bridgehead atoms. The van der Waals surface area contributed by atoms with Crippen LogP contribution in [0.2, 0.25) is 0 Å². The maximum absolute atomic E-state index is 2.08. The number of benzene rings is 1. The van der Waals surface area contributed by atoms with Crippen LogP contribution in [0, 0.1) is 0 Å². The summed E-state index contributed by atoms with van der Waals surface area (Å²) in [4.78, 5) is 2.08. The lowest BCUT2D eigenvalue weighted by atomic mass is 10.3. The van der Waals surface area contributed by atoms with Crippen molar-refractivity contribution >= 4 is 56.6 Å². The van der Waals surface area contributed by atoms with Crippen molar-refractivity contribution in [2.45, 2.75) is 0 Å². The first-order valence-corrected chi connectivity index (χ1v) is 3.03. The SMILES string of the molecule is Br.Br.Br.CN(C)c1ccccc1. The van der Waals surface area contributed by atoms with Crippen molar-refractivity contribution < 1.29 is 0 Å². The van der Waals surface area contributed by atoms with Gasteiger partial charge >= 0.3 is 0 Å². The summed E-state index contributed by atoms with van der Waals surface area (Å²) in [5.74, 6) is 0. The van der Waals surface area contributed by atoms with E-state index in [0.29, 0.717) is 0 Å². The molecule has 0 saturated carbocycles. The second-order valence-corrected chi connectivity index (χ2v) is 2.23. The molecule has 0 atom stereocenters. The first kappa shape index (κ1) is 18.3. The van der Waals surface area contributed by atoms with Gasteiger partial charge < -0.3 is 4.90 Å². The summed E-state index contributed by atoms with van der Waals surface area (Å²) in [5.41, 5.74) is 1.25. The Morgan fingerprint density at radius 3 is 1.50 bits per heavy atom. The lowest BCUT2D eigenvalue weighted by molar-refractivity contribution is 1.13. The van der Waals surface area contributed by atoms with Crippen LogP contribution in [0.3, 0.4) is 0 Å². The minimum absolute atomic E-state index is 0. The van der Waals surface area contributed by atoms with E-state index in [1.165, 1.54) is 5.69 Å². The second-order valence-electron chi connectivity index (χ2n) is 2.23. The Bertz CT molecular complexity index is 177. The molecule has 0 saturated heterocycles. The van der Waals surface area contributed by atoms with Gasteiger partial charge in [-0.25, -0.2) is 0 Å². The lowest BCUT2D eigenvalue weighted by Gasteiger charge is -2.10. The van der Waals surface area contributed by atoms with Gasteiger partial charge in [-0.2, -0.15) is 0 Å². The van der Waals surface area contributed by atoms with Crippen LogP contribution in [-0.4, -0.2) is 14.1 Å². The van der Waals surface area contributed by atoms with Crippen LogP contribution in [0.4, 0.5) is 5.69 Å². The molecule has 1 nitrogen and oxygen atoms in total. The molecule has 0 fully saturated rings. The highest BCUT2D eigenvalue weighted by molar-refractivity contribution is 8.93. The van der Waals surface area contributed by atoms with Crippen molar-refractivity contribution in [1.29, 1.82) is 0 Å². The molecule has 12 heavy (non-hydrogen) atoms. The standard InChI is InChI=1S/C8H11N.3BrH/c1-9(2)8-6-4-3-5-7-8;;;/h3-7H,1-2H3;3*1H. The fourth-order valence-electron chi connectivity index (χ4n) is 0.726. The third-order valence-electron chi connectivity index (χ3n) is 1.27. The molecule has 0 N–H and O–H groups in total. The molecule has 0 heterocycles. The fourth-order valence-corrected chi connectivity index (χ4v) is 0.726. The monoisotopic (exact) mass is 361 g/mol. The van der Waals surface area contributed by atoms with Crippen LogP contribution in [-0.2, 0) is 0 Å². The lowest BCUT2D eigenvalue weighted by Crippen LogP contribution is -2.07. The number of halogens is 3. The summed E-state index contributed by atoms with van der Waals surface area (Å²) < 4.78 is 0. The van der Waals surface area contributed by atoms with Crippen molar-refractivity contribution in [1.82, 2.24) is 0 Å². The van der Waals surface area contributed by atoms with Crippen molar-refractivity contribution in [3.8, 4) is 0 Å². The number of hydrogen-bond donors (Lipinski definition) is 0. The summed E-state index contributed by atoms with van der Waals surface area (Å²) in [7, 11) is 4.07. The van der Waals surface area contributed by atoms with E-state index in [1.807, 2.05) is 32.3 Å². The van der Waals surface area contributed by atoms with Crippen LogP contribution >= 0.6 is 50.9 Å². The van der Waals surface area contributed by atoms with Gasteiger partial charge in [-0.05, 0) is 12.1 Å². The van der Waals surface area contributed by atoms with Gasteiger partial charge in [-0.15, -0.1) is 50.9 Å².